The van der Waals surface area contributed by atoms with Crippen LogP contribution in [-0.4, -0.2) is 13.1 Å². The number of hydrogen-bond donors (Lipinski definition) is 0. The van der Waals surface area contributed by atoms with Gasteiger partial charge in [-0.3, -0.25) is 4.79 Å². The van der Waals surface area contributed by atoms with E-state index in [1.54, 1.807) is 0 Å². The van der Waals surface area contributed by atoms with E-state index in [9.17, 15) is 4.79 Å². The average Bonchev–Trinajstić information content (AvgIpc) is 3.09. The monoisotopic (exact) mass is 230 g/mol. The highest BCUT2D eigenvalue weighted by Crippen LogP contribution is 2.66. The lowest BCUT2D eigenvalue weighted by molar-refractivity contribution is -0.144. The highest BCUT2D eigenvalue weighted by Gasteiger charge is 2.70. The van der Waals surface area contributed by atoms with Crippen LogP contribution in [0.5, 0.6) is 0 Å². The number of esters is 1. The van der Waals surface area contributed by atoms with E-state index in [4.69, 9.17) is 4.74 Å². The van der Waals surface area contributed by atoms with E-state index in [0.717, 1.165) is 5.56 Å². The molecule has 1 aromatic carbocycles. The molecule has 0 radical (unpaired) electrons. The fraction of sp³-hybridized carbons (Fsp3) is 0.533. The summed E-state index contributed by atoms with van der Waals surface area (Å²) in [6.45, 7) is 0. The van der Waals surface area contributed by atoms with Crippen LogP contribution in [0.3, 0.4) is 0 Å². The lowest BCUT2D eigenvalue weighted by atomic mass is 9.91. The lowest BCUT2D eigenvalue weighted by Gasteiger charge is -2.15. The molecule has 0 heterocycles. The molecule has 17 heavy (non-hydrogen) atoms. The second kappa shape index (κ2) is 3.86. The predicted octanol–water partition coefficient (Wildman–Crippen LogP) is 2.92. The first kappa shape index (κ1) is 10.8. The van der Waals surface area contributed by atoms with Crippen LogP contribution in [0.15, 0.2) is 30.3 Å². The van der Waals surface area contributed by atoms with Crippen LogP contribution >= 0.6 is 0 Å². The molecule has 2 atom stereocenters. The third kappa shape index (κ3) is 1.36. The van der Waals surface area contributed by atoms with Crippen LogP contribution in [0.4, 0.5) is 0 Å². The van der Waals surface area contributed by atoms with Crippen LogP contribution < -0.4 is 0 Å². The first-order valence-electron chi connectivity index (χ1n) is 6.45. The van der Waals surface area contributed by atoms with Crippen LogP contribution in [0, 0.1) is 11.8 Å². The Balaban J connectivity index is 2.02. The van der Waals surface area contributed by atoms with Crippen LogP contribution in [-0.2, 0) is 14.9 Å². The molecule has 2 saturated carbocycles. The van der Waals surface area contributed by atoms with Crippen molar-refractivity contribution in [1.29, 1.82) is 0 Å². The largest absolute Gasteiger partial charge is 0.468 e. The van der Waals surface area contributed by atoms with Gasteiger partial charge in [0.05, 0.1) is 12.5 Å². The molecular weight excluding hydrogens is 212 g/mol. The zero-order chi connectivity index (χ0) is 11.9. The summed E-state index contributed by atoms with van der Waals surface area (Å²) >= 11 is 0. The molecule has 0 spiro atoms. The third-order valence-electron chi connectivity index (χ3n) is 4.60. The van der Waals surface area contributed by atoms with E-state index in [1.807, 2.05) is 18.2 Å². The van der Waals surface area contributed by atoms with Crippen LogP contribution in [0.25, 0.3) is 0 Å². The fourth-order valence-corrected chi connectivity index (χ4v) is 3.86. The number of ether oxygens (including phenoxy) is 1. The second-order valence-electron chi connectivity index (χ2n) is 5.22. The van der Waals surface area contributed by atoms with E-state index in [0.29, 0.717) is 11.8 Å². The fourth-order valence-electron chi connectivity index (χ4n) is 3.86. The predicted molar refractivity (Wildman–Crippen MR) is 65.6 cm³/mol. The summed E-state index contributed by atoms with van der Waals surface area (Å²) < 4.78 is 5.08. The Kier molecular flexibility index (Phi) is 2.46. The van der Waals surface area contributed by atoms with Gasteiger partial charge in [0, 0.05) is 0 Å². The van der Waals surface area contributed by atoms with Crippen molar-refractivity contribution < 1.29 is 9.53 Å². The van der Waals surface area contributed by atoms with E-state index < -0.39 is 0 Å². The van der Waals surface area contributed by atoms with Crippen molar-refractivity contribution >= 4 is 5.97 Å². The summed E-state index contributed by atoms with van der Waals surface area (Å²) in [4.78, 5) is 12.2. The molecule has 90 valence electrons. The smallest absolute Gasteiger partial charge is 0.316 e. The molecule has 0 saturated heterocycles. The van der Waals surface area contributed by atoms with Gasteiger partial charge in [0.15, 0.2) is 0 Å². The van der Waals surface area contributed by atoms with Gasteiger partial charge < -0.3 is 4.74 Å². The van der Waals surface area contributed by atoms with Gasteiger partial charge in [0.2, 0.25) is 0 Å². The van der Waals surface area contributed by atoms with Gasteiger partial charge >= 0.3 is 5.97 Å². The molecule has 2 unspecified atom stereocenters. The maximum atomic E-state index is 12.2. The molecule has 2 nitrogen and oxygen atoms in total. The standard InChI is InChI=1S/C15H18O2/c1-17-14(16)15(11-7-3-2-4-8-11)12-9-5-6-10-13(12)15/h2-4,7-8,12-13H,5-6,9-10H2,1H3. The van der Waals surface area contributed by atoms with E-state index >= 15 is 0 Å². The summed E-state index contributed by atoms with van der Waals surface area (Å²) in [5.74, 6) is 1.01. The number of hydrogen-bond acceptors (Lipinski definition) is 2. The van der Waals surface area contributed by atoms with Crippen molar-refractivity contribution in [2.24, 2.45) is 11.8 Å². The van der Waals surface area contributed by atoms with Gasteiger partial charge in [-0.2, -0.15) is 0 Å². The number of methoxy groups -OCH3 is 1. The molecule has 1 aromatic rings. The molecule has 0 bridgehead atoms. The number of carbonyl (C=O) groups excluding carboxylic acids is 1. The minimum Gasteiger partial charge on any atom is -0.468 e. The van der Waals surface area contributed by atoms with E-state index in [2.05, 4.69) is 12.1 Å². The van der Waals surface area contributed by atoms with Gasteiger partial charge in [0.25, 0.3) is 0 Å². The number of carbonyl (C=O) groups is 1. The molecule has 2 aliphatic rings. The van der Waals surface area contributed by atoms with Gasteiger partial charge in [-0.05, 0) is 30.2 Å². The van der Waals surface area contributed by atoms with Crippen molar-refractivity contribution in [3.8, 4) is 0 Å². The summed E-state index contributed by atoms with van der Waals surface area (Å²) in [5, 5.41) is 0. The van der Waals surface area contributed by atoms with Crippen molar-refractivity contribution in [1.82, 2.24) is 0 Å². The Morgan fingerprint density at radius 3 is 2.29 bits per heavy atom. The number of fused-ring (bicyclic) bond motifs is 1. The molecule has 3 rings (SSSR count). The second-order valence-corrected chi connectivity index (χ2v) is 5.22. The molecular formula is C15H18O2. The van der Waals surface area contributed by atoms with Crippen molar-refractivity contribution in [3.05, 3.63) is 35.9 Å². The molecule has 2 fully saturated rings. The van der Waals surface area contributed by atoms with Crippen molar-refractivity contribution in [2.45, 2.75) is 31.1 Å². The molecule has 0 amide bonds. The van der Waals surface area contributed by atoms with Crippen molar-refractivity contribution in [2.75, 3.05) is 7.11 Å². The van der Waals surface area contributed by atoms with E-state index in [-0.39, 0.29) is 11.4 Å². The average molecular weight is 230 g/mol. The van der Waals surface area contributed by atoms with Crippen molar-refractivity contribution in [3.63, 3.8) is 0 Å². The Morgan fingerprint density at radius 1 is 1.18 bits per heavy atom. The SMILES string of the molecule is COC(=O)C1(c2ccccc2)C2CCCCC21. The minimum absolute atomic E-state index is 0.0272. The first-order valence-corrected chi connectivity index (χ1v) is 6.45. The normalized spacial score (nSPS) is 34.9. The quantitative estimate of drug-likeness (QED) is 0.730. The summed E-state index contributed by atoms with van der Waals surface area (Å²) in [7, 11) is 1.51. The Labute approximate surface area is 102 Å². The Bertz CT molecular complexity index is 412. The van der Waals surface area contributed by atoms with Crippen LogP contribution in [0.2, 0.25) is 0 Å². The van der Waals surface area contributed by atoms with Gasteiger partial charge in [-0.1, -0.05) is 43.2 Å². The summed E-state index contributed by atoms with van der Waals surface area (Å²) in [6.07, 6.45) is 4.86. The number of benzene rings is 1. The zero-order valence-corrected chi connectivity index (χ0v) is 10.2. The minimum atomic E-state index is -0.313. The molecule has 2 aliphatic carbocycles. The van der Waals surface area contributed by atoms with E-state index in [1.165, 1.54) is 32.8 Å². The lowest BCUT2D eigenvalue weighted by Crippen LogP contribution is -2.26. The molecule has 2 heteroatoms. The molecule has 0 aliphatic heterocycles. The Morgan fingerprint density at radius 2 is 1.76 bits per heavy atom. The maximum Gasteiger partial charge on any atom is 0.316 e. The summed E-state index contributed by atoms with van der Waals surface area (Å²) in [6, 6.07) is 10.2. The molecule has 0 aromatic heterocycles. The number of rotatable bonds is 2. The maximum absolute atomic E-state index is 12.2. The Hall–Kier alpha value is -1.31. The van der Waals surface area contributed by atoms with Gasteiger partial charge in [-0.15, -0.1) is 0 Å². The van der Waals surface area contributed by atoms with Crippen LogP contribution in [0.1, 0.15) is 31.2 Å². The van der Waals surface area contributed by atoms with Gasteiger partial charge in [-0.25, -0.2) is 0 Å². The van der Waals surface area contributed by atoms with Gasteiger partial charge in [0.1, 0.15) is 0 Å². The molecule has 0 N–H and O–H groups in total. The first-order chi connectivity index (χ1) is 8.31. The highest BCUT2D eigenvalue weighted by atomic mass is 16.5. The highest BCUT2D eigenvalue weighted by molar-refractivity contribution is 5.88. The topological polar surface area (TPSA) is 26.3 Å². The zero-order valence-electron chi connectivity index (χ0n) is 10.2. The third-order valence-corrected chi connectivity index (χ3v) is 4.60. The summed E-state index contributed by atoms with van der Waals surface area (Å²) in [5.41, 5.74) is 0.843.